The molecule has 6 nitrogen and oxygen atoms in total. The molecule has 0 bridgehead atoms. The van der Waals surface area contributed by atoms with E-state index in [1.165, 1.54) is 12.1 Å². The fourth-order valence-electron chi connectivity index (χ4n) is 3.85. The molecule has 0 spiro atoms. The van der Waals surface area contributed by atoms with E-state index < -0.39 is 11.7 Å². The molecule has 0 saturated carbocycles. The number of hydrogen-bond acceptors (Lipinski definition) is 4. The molecule has 0 aromatic heterocycles. The summed E-state index contributed by atoms with van der Waals surface area (Å²) < 4.78 is 44.4. The quantitative estimate of drug-likeness (QED) is 0.235. The molecule has 0 aliphatic carbocycles. The molecule has 2 heterocycles. The van der Waals surface area contributed by atoms with E-state index >= 15 is 0 Å². The third kappa shape index (κ3) is 8.30. The van der Waals surface area contributed by atoms with Crippen LogP contribution in [-0.2, 0) is 10.9 Å². The first kappa shape index (κ1) is 26.0. The monoisotopic (exact) mass is 555 g/mol. The molecule has 3 rings (SSSR count). The van der Waals surface area contributed by atoms with E-state index in [9.17, 15) is 13.2 Å². The van der Waals surface area contributed by atoms with Crippen molar-refractivity contribution < 1.29 is 17.9 Å². The summed E-state index contributed by atoms with van der Waals surface area (Å²) in [6.07, 6.45) is -0.832. The highest BCUT2D eigenvalue weighted by molar-refractivity contribution is 14.0. The van der Waals surface area contributed by atoms with Gasteiger partial charge in [0.05, 0.1) is 11.7 Å². The van der Waals surface area contributed by atoms with Crippen molar-refractivity contribution in [2.45, 2.75) is 31.5 Å². The van der Waals surface area contributed by atoms with Crippen LogP contribution in [0.2, 0.25) is 0 Å². The zero-order valence-corrected chi connectivity index (χ0v) is 20.3. The number of hydrogen-bond donors (Lipinski definition) is 2. The largest absolute Gasteiger partial charge is 0.416 e. The van der Waals surface area contributed by atoms with Crippen LogP contribution in [0, 0.1) is 0 Å². The lowest BCUT2D eigenvalue weighted by atomic mass is 10.1. The third-order valence-corrected chi connectivity index (χ3v) is 5.60. The number of aliphatic imine (C=N–C) groups is 1. The zero-order chi connectivity index (χ0) is 21.4. The maximum atomic E-state index is 12.9. The summed E-state index contributed by atoms with van der Waals surface area (Å²) in [7, 11) is 1.76. The molecule has 2 aliphatic heterocycles. The molecule has 2 N–H and O–H groups in total. The Morgan fingerprint density at radius 2 is 1.97 bits per heavy atom. The summed E-state index contributed by atoms with van der Waals surface area (Å²) in [5, 5.41) is 6.63. The van der Waals surface area contributed by atoms with Gasteiger partial charge in [-0.15, -0.1) is 24.0 Å². The van der Waals surface area contributed by atoms with Crippen molar-refractivity contribution in [1.82, 2.24) is 15.5 Å². The van der Waals surface area contributed by atoms with Gasteiger partial charge in [0, 0.05) is 58.6 Å². The molecule has 1 aromatic carbocycles. The van der Waals surface area contributed by atoms with Gasteiger partial charge in [-0.25, -0.2) is 0 Å². The van der Waals surface area contributed by atoms with Crippen LogP contribution < -0.4 is 15.5 Å². The Labute approximate surface area is 199 Å². The molecule has 1 atom stereocenters. The first-order valence-corrected chi connectivity index (χ1v) is 10.7. The van der Waals surface area contributed by atoms with Gasteiger partial charge in [-0.2, -0.15) is 13.2 Å². The van der Waals surface area contributed by atoms with Gasteiger partial charge in [-0.1, -0.05) is 6.07 Å². The van der Waals surface area contributed by atoms with E-state index in [0.717, 1.165) is 83.7 Å². The number of nitrogens with zero attached hydrogens (tertiary/aromatic N) is 3. The zero-order valence-electron chi connectivity index (χ0n) is 18.0. The number of alkyl halides is 3. The SMILES string of the molecule is CN=C(NCCCN1CCN(c2cccc(C(F)(F)F)c2)CC1)NCC1CCCO1.I. The number of ether oxygens (including phenoxy) is 1. The van der Waals surface area contributed by atoms with Crippen LogP contribution in [0.3, 0.4) is 0 Å². The number of halogens is 4. The van der Waals surface area contributed by atoms with Gasteiger partial charge >= 0.3 is 6.18 Å². The van der Waals surface area contributed by atoms with Crippen molar-refractivity contribution in [2.75, 3.05) is 64.4 Å². The first-order chi connectivity index (χ1) is 14.5. The minimum Gasteiger partial charge on any atom is -0.376 e. The van der Waals surface area contributed by atoms with Gasteiger partial charge in [-0.3, -0.25) is 9.89 Å². The molecule has 0 radical (unpaired) electrons. The van der Waals surface area contributed by atoms with Gasteiger partial charge in [0.25, 0.3) is 0 Å². The number of rotatable bonds is 7. The Bertz CT molecular complexity index is 690. The Balaban J connectivity index is 0.00000341. The number of nitrogens with one attached hydrogen (secondary N) is 2. The van der Waals surface area contributed by atoms with Crippen molar-refractivity contribution in [2.24, 2.45) is 4.99 Å². The van der Waals surface area contributed by atoms with Crippen molar-refractivity contribution >= 4 is 35.6 Å². The minimum atomic E-state index is -4.30. The summed E-state index contributed by atoms with van der Waals surface area (Å²) in [4.78, 5) is 8.62. The first-order valence-electron chi connectivity index (χ1n) is 10.7. The van der Waals surface area contributed by atoms with E-state index in [2.05, 4.69) is 20.5 Å². The molecule has 1 unspecified atom stereocenters. The second-order valence-electron chi connectivity index (χ2n) is 7.75. The van der Waals surface area contributed by atoms with Gasteiger partial charge in [0.15, 0.2) is 5.96 Å². The molecule has 31 heavy (non-hydrogen) atoms. The second kappa shape index (κ2) is 12.7. The fraction of sp³-hybridized carbons (Fsp3) is 0.667. The van der Waals surface area contributed by atoms with Crippen LogP contribution in [0.4, 0.5) is 18.9 Å². The average molecular weight is 555 g/mol. The van der Waals surface area contributed by atoms with Gasteiger partial charge in [0.1, 0.15) is 0 Å². The lowest BCUT2D eigenvalue weighted by Gasteiger charge is -2.36. The van der Waals surface area contributed by atoms with E-state index in [1.807, 2.05) is 4.90 Å². The van der Waals surface area contributed by atoms with Gasteiger partial charge in [-0.05, 0) is 44.0 Å². The van der Waals surface area contributed by atoms with Crippen molar-refractivity contribution in [1.29, 1.82) is 0 Å². The predicted octanol–water partition coefficient (Wildman–Crippen LogP) is 3.18. The van der Waals surface area contributed by atoms with Crippen molar-refractivity contribution in [3.63, 3.8) is 0 Å². The highest BCUT2D eigenvalue weighted by Crippen LogP contribution is 2.31. The molecular formula is C21H33F3IN5O. The maximum Gasteiger partial charge on any atom is 0.416 e. The van der Waals surface area contributed by atoms with Crippen LogP contribution in [-0.4, -0.2) is 76.4 Å². The van der Waals surface area contributed by atoms with Gasteiger partial charge < -0.3 is 20.3 Å². The van der Waals surface area contributed by atoms with E-state index in [0.29, 0.717) is 5.69 Å². The lowest BCUT2D eigenvalue weighted by Crippen LogP contribution is -2.47. The number of benzene rings is 1. The van der Waals surface area contributed by atoms with E-state index in [1.54, 1.807) is 13.1 Å². The summed E-state index contributed by atoms with van der Waals surface area (Å²) in [5.41, 5.74) is 0.0576. The van der Waals surface area contributed by atoms with Gasteiger partial charge in [0.2, 0.25) is 0 Å². The Morgan fingerprint density at radius 1 is 1.19 bits per heavy atom. The summed E-state index contributed by atoms with van der Waals surface area (Å²) in [5.74, 6) is 0.792. The minimum absolute atomic E-state index is 0. The third-order valence-electron chi connectivity index (χ3n) is 5.60. The van der Waals surface area contributed by atoms with E-state index in [4.69, 9.17) is 4.74 Å². The lowest BCUT2D eigenvalue weighted by molar-refractivity contribution is -0.137. The number of anilines is 1. The second-order valence-corrected chi connectivity index (χ2v) is 7.75. The maximum absolute atomic E-state index is 12.9. The molecule has 1 aromatic rings. The smallest absolute Gasteiger partial charge is 0.376 e. The Kier molecular flexibility index (Phi) is 10.6. The molecular weight excluding hydrogens is 522 g/mol. The summed E-state index contributed by atoms with van der Waals surface area (Å²) in [6, 6.07) is 5.60. The molecule has 0 amide bonds. The van der Waals surface area contributed by atoms with Crippen molar-refractivity contribution in [3.8, 4) is 0 Å². The molecule has 10 heteroatoms. The topological polar surface area (TPSA) is 52.1 Å². The van der Waals surface area contributed by atoms with Crippen LogP contribution >= 0.6 is 24.0 Å². The Hall–Kier alpha value is -1.27. The van der Waals surface area contributed by atoms with E-state index in [-0.39, 0.29) is 30.1 Å². The number of guanidine groups is 1. The molecule has 176 valence electrons. The van der Waals surface area contributed by atoms with Crippen LogP contribution in [0.1, 0.15) is 24.8 Å². The highest BCUT2D eigenvalue weighted by Gasteiger charge is 2.31. The molecule has 2 fully saturated rings. The van der Waals surface area contributed by atoms with Crippen LogP contribution in [0.15, 0.2) is 29.3 Å². The summed E-state index contributed by atoms with van der Waals surface area (Å²) in [6.45, 7) is 6.56. The van der Waals surface area contributed by atoms with Crippen LogP contribution in [0.5, 0.6) is 0 Å². The molecule has 2 aliphatic rings. The normalized spacial score (nSPS) is 20.5. The molecule has 2 saturated heterocycles. The standard InChI is InChI=1S/C21H32F3N5O.HI/c1-25-20(27-16-19-7-3-14-30-19)26-8-4-9-28-10-12-29(13-11-28)18-6-2-5-17(15-18)21(22,23)24;/h2,5-6,15,19H,3-4,7-14,16H2,1H3,(H2,25,26,27);1H. The average Bonchev–Trinajstić information content (AvgIpc) is 3.27. The number of piperazine rings is 1. The highest BCUT2D eigenvalue weighted by atomic mass is 127. The predicted molar refractivity (Wildman–Crippen MR) is 128 cm³/mol. The van der Waals surface area contributed by atoms with Crippen LogP contribution in [0.25, 0.3) is 0 Å². The van der Waals surface area contributed by atoms with Crippen molar-refractivity contribution in [3.05, 3.63) is 29.8 Å². The Morgan fingerprint density at radius 3 is 2.61 bits per heavy atom. The summed E-state index contributed by atoms with van der Waals surface area (Å²) >= 11 is 0. The fourth-order valence-corrected chi connectivity index (χ4v) is 3.85.